The van der Waals surface area contributed by atoms with Crippen LogP contribution >= 0.6 is 0 Å². The fraction of sp³-hybridized carbons (Fsp3) is 0.250. The summed E-state index contributed by atoms with van der Waals surface area (Å²) in [6.07, 6.45) is 1.22. The maximum absolute atomic E-state index is 9.68. The summed E-state index contributed by atoms with van der Waals surface area (Å²) in [5.74, 6) is 1.34. The second kappa shape index (κ2) is 7.29. The molecule has 1 aliphatic rings. The molecule has 25 heavy (non-hydrogen) atoms. The normalized spacial score (nSPS) is 16.0. The van der Waals surface area contributed by atoms with Crippen molar-refractivity contribution in [2.24, 2.45) is 5.73 Å². The number of hydrogen-bond donors (Lipinski definition) is 2. The predicted octanol–water partition coefficient (Wildman–Crippen LogP) is 3.57. The van der Waals surface area contributed by atoms with Gasteiger partial charge in [-0.2, -0.15) is 5.26 Å². The van der Waals surface area contributed by atoms with Gasteiger partial charge in [-0.25, -0.2) is 0 Å². The number of unbranched alkanes of at least 4 members (excludes halogenated alkanes) is 1. The van der Waals surface area contributed by atoms with Crippen molar-refractivity contribution in [3.05, 3.63) is 59.2 Å². The van der Waals surface area contributed by atoms with Crippen molar-refractivity contribution < 1.29 is 14.6 Å². The average Bonchev–Trinajstić information content (AvgIpc) is 2.61. The van der Waals surface area contributed by atoms with Crippen molar-refractivity contribution in [2.45, 2.75) is 26.0 Å². The molecule has 5 heteroatoms. The molecule has 0 fully saturated rings. The molecular weight excluding hydrogens is 316 g/mol. The number of nitrogens with zero attached hydrogens (tertiary/aromatic N) is 1. The Morgan fingerprint density at radius 3 is 2.68 bits per heavy atom. The lowest BCUT2D eigenvalue weighted by Gasteiger charge is -2.26. The van der Waals surface area contributed by atoms with Gasteiger partial charge in [-0.3, -0.25) is 5.73 Å². The van der Waals surface area contributed by atoms with Crippen molar-refractivity contribution in [2.75, 3.05) is 6.61 Å². The van der Waals surface area contributed by atoms with Crippen molar-refractivity contribution in [3.8, 4) is 23.3 Å². The molecule has 0 bridgehead atoms. The van der Waals surface area contributed by atoms with Gasteiger partial charge in [0.25, 0.3) is 0 Å². The summed E-state index contributed by atoms with van der Waals surface area (Å²) < 4.78 is 11.3. The molecule has 0 saturated heterocycles. The number of rotatable bonds is 5. The topological polar surface area (TPSA) is 88.5 Å². The van der Waals surface area contributed by atoms with Gasteiger partial charge in [0.2, 0.25) is 0 Å². The minimum atomic E-state index is -0.866. The second-order valence-corrected chi connectivity index (χ2v) is 5.85. The molecule has 2 aromatic rings. The van der Waals surface area contributed by atoms with E-state index in [1.807, 2.05) is 24.3 Å². The van der Waals surface area contributed by atoms with Crippen molar-refractivity contribution in [1.82, 2.24) is 0 Å². The lowest BCUT2D eigenvalue weighted by atomic mass is 9.90. The lowest BCUT2D eigenvalue weighted by Crippen LogP contribution is -2.32. The third-order valence-corrected chi connectivity index (χ3v) is 4.07. The number of fused-ring (bicyclic) bond motifs is 1. The van der Waals surface area contributed by atoms with E-state index in [9.17, 15) is 10.4 Å². The second-order valence-electron chi connectivity index (χ2n) is 5.85. The molecule has 2 aromatic carbocycles. The highest BCUT2D eigenvalue weighted by Crippen LogP contribution is 2.40. The molecule has 1 aliphatic heterocycles. The monoisotopic (exact) mass is 336 g/mol. The molecule has 1 unspecified atom stereocenters. The van der Waals surface area contributed by atoms with Crippen molar-refractivity contribution in [3.63, 3.8) is 0 Å². The summed E-state index contributed by atoms with van der Waals surface area (Å²) in [6, 6.07) is 14.5. The maximum Gasteiger partial charge on any atom is 0.184 e. The molecule has 1 atom stereocenters. The molecule has 128 valence electrons. The summed E-state index contributed by atoms with van der Waals surface area (Å²) in [6.45, 7) is 2.80. The Kier molecular flexibility index (Phi) is 4.92. The zero-order valence-electron chi connectivity index (χ0n) is 14.0. The van der Waals surface area contributed by atoms with Gasteiger partial charge in [0.05, 0.1) is 12.2 Å². The van der Waals surface area contributed by atoms with Crippen LogP contribution in [0.1, 0.15) is 30.9 Å². The Balaban J connectivity index is 2.00. The summed E-state index contributed by atoms with van der Waals surface area (Å²) in [5.41, 5.74) is 8.65. The van der Waals surface area contributed by atoms with E-state index in [1.54, 1.807) is 12.1 Å². The molecule has 0 aliphatic carbocycles. The number of phenolic OH excluding ortho intramolecular Hbond substituents is 1. The Morgan fingerprint density at radius 1 is 1.24 bits per heavy atom. The van der Waals surface area contributed by atoms with E-state index in [0.717, 1.165) is 35.3 Å². The van der Waals surface area contributed by atoms with Crippen LogP contribution < -0.4 is 15.2 Å². The van der Waals surface area contributed by atoms with Gasteiger partial charge in [0.15, 0.2) is 6.23 Å². The Labute approximate surface area is 146 Å². The predicted molar refractivity (Wildman–Crippen MR) is 95.2 cm³/mol. The van der Waals surface area contributed by atoms with E-state index < -0.39 is 6.23 Å². The number of benzene rings is 2. The molecule has 3 N–H and O–H groups in total. The van der Waals surface area contributed by atoms with Gasteiger partial charge >= 0.3 is 0 Å². The number of phenols is 1. The number of ether oxygens (including phenoxy) is 2. The average molecular weight is 336 g/mol. The van der Waals surface area contributed by atoms with Crippen LogP contribution in [-0.2, 0) is 0 Å². The fourth-order valence-electron chi connectivity index (χ4n) is 2.78. The van der Waals surface area contributed by atoms with E-state index >= 15 is 0 Å². The van der Waals surface area contributed by atoms with Crippen LogP contribution in [0.25, 0.3) is 5.57 Å². The van der Waals surface area contributed by atoms with Gasteiger partial charge in [-0.1, -0.05) is 25.5 Å². The minimum Gasteiger partial charge on any atom is -0.508 e. The van der Waals surface area contributed by atoms with Crippen LogP contribution in [0.2, 0.25) is 0 Å². The summed E-state index contributed by atoms with van der Waals surface area (Å²) >= 11 is 0. The Hall–Kier alpha value is -2.97. The standard InChI is InChI=1S/C20H20N2O3/c1-2-3-10-24-15-7-4-13(5-8-15)19-16-9-6-14(23)11-18(16)25-20(22)17(19)12-21/h4-9,11,20,23H,2-3,10,22H2,1H3. The van der Waals surface area contributed by atoms with E-state index in [0.29, 0.717) is 17.9 Å². The first-order valence-corrected chi connectivity index (χ1v) is 8.27. The molecule has 0 saturated carbocycles. The maximum atomic E-state index is 9.68. The van der Waals surface area contributed by atoms with E-state index in [-0.39, 0.29) is 5.75 Å². The van der Waals surface area contributed by atoms with Crippen molar-refractivity contribution in [1.29, 1.82) is 5.26 Å². The van der Waals surface area contributed by atoms with Gasteiger partial charge < -0.3 is 14.6 Å². The highest BCUT2D eigenvalue weighted by atomic mass is 16.5. The summed E-state index contributed by atoms with van der Waals surface area (Å²) in [4.78, 5) is 0. The molecule has 0 radical (unpaired) electrons. The van der Waals surface area contributed by atoms with Crippen molar-refractivity contribution >= 4 is 5.57 Å². The van der Waals surface area contributed by atoms with Gasteiger partial charge in [0, 0.05) is 17.2 Å². The Morgan fingerprint density at radius 2 is 2.00 bits per heavy atom. The van der Waals surface area contributed by atoms with Gasteiger partial charge in [-0.05, 0) is 36.2 Å². The van der Waals surface area contributed by atoms with Crippen LogP contribution in [0.15, 0.2) is 48.0 Å². The molecule has 0 spiro atoms. The number of nitriles is 1. The molecule has 0 aromatic heterocycles. The summed E-state index contributed by atoms with van der Waals surface area (Å²) in [5, 5.41) is 19.2. The highest BCUT2D eigenvalue weighted by Gasteiger charge is 2.27. The Bertz CT molecular complexity index is 835. The largest absolute Gasteiger partial charge is 0.508 e. The third-order valence-electron chi connectivity index (χ3n) is 4.07. The first-order chi connectivity index (χ1) is 12.1. The molecule has 5 nitrogen and oxygen atoms in total. The number of nitrogens with two attached hydrogens (primary N) is 1. The zero-order chi connectivity index (χ0) is 17.8. The highest BCUT2D eigenvalue weighted by molar-refractivity contribution is 5.88. The quantitative estimate of drug-likeness (QED) is 0.815. The smallest absolute Gasteiger partial charge is 0.184 e. The lowest BCUT2D eigenvalue weighted by molar-refractivity contribution is 0.244. The molecule has 1 heterocycles. The SMILES string of the molecule is CCCCOc1ccc(C2=C(C#N)C(N)Oc3cc(O)ccc32)cc1. The van der Waals surface area contributed by atoms with E-state index in [1.165, 1.54) is 6.07 Å². The van der Waals surface area contributed by atoms with Crippen LogP contribution in [0, 0.1) is 11.3 Å². The minimum absolute atomic E-state index is 0.0883. The number of aromatic hydroxyl groups is 1. The van der Waals surface area contributed by atoms with Crippen LogP contribution in [-0.4, -0.2) is 17.9 Å². The van der Waals surface area contributed by atoms with Crippen LogP contribution in [0.4, 0.5) is 0 Å². The van der Waals surface area contributed by atoms with Crippen LogP contribution in [0.5, 0.6) is 17.2 Å². The first kappa shape index (κ1) is 16.9. The third kappa shape index (κ3) is 3.44. The van der Waals surface area contributed by atoms with Gasteiger partial charge in [-0.15, -0.1) is 0 Å². The zero-order valence-corrected chi connectivity index (χ0v) is 14.0. The molecular formula is C20H20N2O3. The van der Waals surface area contributed by atoms with Crippen LogP contribution in [0.3, 0.4) is 0 Å². The fourth-order valence-corrected chi connectivity index (χ4v) is 2.78. The van der Waals surface area contributed by atoms with E-state index in [4.69, 9.17) is 15.2 Å². The van der Waals surface area contributed by atoms with Gasteiger partial charge in [0.1, 0.15) is 23.3 Å². The van der Waals surface area contributed by atoms with E-state index in [2.05, 4.69) is 13.0 Å². The first-order valence-electron chi connectivity index (χ1n) is 8.27. The molecule has 0 amide bonds. The molecule has 3 rings (SSSR count). The summed E-state index contributed by atoms with van der Waals surface area (Å²) in [7, 11) is 0. The number of hydrogen-bond acceptors (Lipinski definition) is 5.